The van der Waals surface area contributed by atoms with Crippen molar-refractivity contribution in [1.29, 1.82) is 0 Å². The summed E-state index contributed by atoms with van der Waals surface area (Å²) < 4.78 is 40.0. The molecule has 0 heterocycles. The molecule has 2 nitrogen and oxygen atoms in total. The Kier molecular flexibility index (Phi) is 4.61. The van der Waals surface area contributed by atoms with Crippen LogP contribution in [0.5, 0.6) is 5.75 Å². The third-order valence-electron chi connectivity index (χ3n) is 2.39. The fourth-order valence-electron chi connectivity index (χ4n) is 1.39. The Morgan fingerprint density at radius 1 is 1.26 bits per heavy atom. The number of halogens is 3. The minimum absolute atomic E-state index is 0.0466. The number of carbonyl (C=O) groups excluding carboxylic acids is 1. The maximum absolute atomic E-state index is 12.1. The number of ketones is 1. The molecule has 1 rings (SSSR count). The van der Waals surface area contributed by atoms with Crippen molar-refractivity contribution >= 4 is 5.78 Å². The van der Waals surface area contributed by atoms with Gasteiger partial charge in [0.1, 0.15) is 11.5 Å². The zero-order chi connectivity index (χ0) is 14.7. The van der Waals surface area contributed by atoms with Gasteiger partial charge in [-0.25, -0.2) is 0 Å². The average molecular weight is 273 g/mol. The maximum Gasteiger partial charge on any atom is 0.573 e. The van der Waals surface area contributed by atoms with Crippen LogP contribution in [0.2, 0.25) is 0 Å². The minimum atomic E-state index is -4.70. The summed E-state index contributed by atoms with van der Waals surface area (Å²) >= 11 is 0. The Balaban J connectivity index is 2.66. The van der Waals surface area contributed by atoms with Crippen molar-refractivity contribution in [2.75, 3.05) is 0 Å². The predicted octanol–water partition coefficient (Wildman–Crippen LogP) is 3.95. The topological polar surface area (TPSA) is 26.3 Å². The van der Waals surface area contributed by atoms with E-state index in [4.69, 9.17) is 0 Å². The van der Waals surface area contributed by atoms with Gasteiger partial charge in [0.25, 0.3) is 0 Å². The molecule has 0 saturated heterocycles. The molecule has 0 aliphatic carbocycles. The molecule has 0 aliphatic rings. The number of hydrogen-bond acceptors (Lipinski definition) is 2. The van der Waals surface area contributed by atoms with E-state index in [1.54, 1.807) is 26.8 Å². The van der Waals surface area contributed by atoms with E-state index in [1.165, 1.54) is 24.6 Å². The molecule has 0 spiro atoms. The lowest BCUT2D eigenvalue weighted by Crippen LogP contribution is -2.21. The first-order valence-electron chi connectivity index (χ1n) is 5.80. The quantitative estimate of drug-likeness (QED) is 0.830. The first-order chi connectivity index (χ1) is 8.58. The van der Waals surface area contributed by atoms with E-state index in [2.05, 4.69) is 4.74 Å². The predicted molar refractivity (Wildman–Crippen MR) is 65.6 cm³/mol. The molecular formula is C14H16F3O2. The van der Waals surface area contributed by atoms with Crippen molar-refractivity contribution in [2.45, 2.75) is 33.6 Å². The summed E-state index contributed by atoms with van der Waals surface area (Å²) in [5, 5.41) is 0. The molecule has 0 saturated carbocycles. The SMILES string of the molecule is CC(C)(C)C(=O)[CH]Cc1cccc(OC(F)(F)F)c1. The van der Waals surface area contributed by atoms with Crippen LogP contribution in [0.3, 0.4) is 0 Å². The number of hydrogen-bond donors (Lipinski definition) is 0. The summed E-state index contributed by atoms with van der Waals surface area (Å²) in [7, 11) is 0. The second kappa shape index (κ2) is 5.63. The Morgan fingerprint density at radius 2 is 1.89 bits per heavy atom. The lowest BCUT2D eigenvalue weighted by molar-refractivity contribution is -0.274. The number of carbonyl (C=O) groups is 1. The zero-order valence-electron chi connectivity index (χ0n) is 11.0. The molecule has 0 N–H and O–H groups in total. The highest BCUT2D eigenvalue weighted by Crippen LogP contribution is 2.24. The molecule has 0 fully saturated rings. The maximum atomic E-state index is 12.1. The van der Waals surface area contributed by atoms with E-state index in [-0.39, 0.29) is 18.0 Å². The van der Waals surface area contributed by atoms with Crippen molar-refractivity contribution in [1.82, 2.24) is 0 Å². The van der Waals surface area contributed by atoms with Crippen LogP contribution in [0.15, 0.2) is 24.3 Å². The van der Waals surface area contributed by atoms with E-state index in [0.29, 0.717) is 5.56 Å². The monoisotopic (exact) mass is 273 g/mol. The number of alkyl halides is 3. The van der Waals surface area contributed by atoms with Crippen LogP contribution in [-0.4, -0.2) is 12.1 Å². The molecule has 0 aromatic heterocycles. The van der Waals surface area contributed by atoms with Gasteiger partial charge in [0.15, 0.2) is 0 Å². The minimum Gasteiger partial charge on any atom is -0.406 e. The summed E-state index contributed by atoms with van der Waals surface area (Å²) in [6.45, 7) is 5.36. The van der Waals surface area contributed by atoms with Gasteiger partial charge in [0.2, 0.25) is 0 Å². The highest BCUT2D eigenvalue weighted by molar-refractivity contribution is 5.91. The van der Waals surface area contributed by atoms with E-state index < -0.39 is 11.8 Å². The van der Waals surface area contributed by atoms with Crippen molar-refractivity contribution in [3.8, 4) is 5.75 Å². The van der Waals surface area contributed by atoms with Crippen molar-refractivity contribution in [3.63, 3.8) is 0 Å². The summed E-state index contributed by atoms with van der Waals surface area (Å²) in [5.74, 6) is -0.323. The van der Waals surface area contributed by atoms with Gasteiger partial charge in [-0.05, 0) is 24.1 Å². The molecule has 5 heteroatoms. The summed E-state index contributed by atoms with van der Waals surface area (Å²) in [5.41, 5.74) is 0.111. The Labute approximate surface area is 110 Å². The van der Waals surface area contributed by atoms with Crippen LogP contribution >= 0.6 is 0 Å². The van der Waals surface area contributed by atoms with E-state index >= 15 is 0 Å². The summed E-state index contributed by atoms with van der Waals surface area (Å²) in [4.78, 5) is 11.7. The highest BCUT2D eigenvalue weighted by Gasteiger charge is 2.31. The molecule has 0 aliphatic heterocycles. The normalized spacial score (nSPS) is 12.3. The molecule has 1 aromatic rings. The Bertz CT molecular complexity index is 445. The number of benzene rings is 1. The van der Waals surface area contributed by atoms with Gasteiger partial charge in [-0.3, -0.25) is 4.79 Å². The van der Waals surface area contributed by atoms with Gasteiger partial charge in [-0.2, -0.15) is 0 Å². The zero-order valence-corrected chi connectivity index (χ0v) is 11.0. The Hall–Kier alpha value is -1.52. The molecule has 105 valence electrons. The first-order valence-corrected chi connectivity index (χ1v) is 5.80. The van der Waals surface area contributed by atoms with Gasteiger partial charge >= 0.3 is 6.36 Å². The van der Waals surface area contributed by atoms with Crippen LogP contribution in [0.25, 0.3) is 0 Å². The van der Waals surface area contributed by atoms with Crippen LogP contribution in [0.1, 0.15) is 26.3 Å². The second-order valence-electron chi connectivity index (χ2n) is 5.22. The summed E-state index contributed by atoms with van der Waals surface area (Å²) in [6, 6.07) is 5.62. The van der Waals surface area contributed by atoms with Crippen molar-refractivity contribution in [2.24, 2.45) is 5.41 Å². The number of ether oxygens (including phenoxy) is 1. The fraction of sp³-hybridized carbons (Fsp3) is 0.429. The lowest BCUT2D eigenvalue weighted by atomic mass is 9.87. The van der Waals surface area contributed by atoms with E-state index in [0.717, 1.165) is 0 Å². The van der Waals surface area contributed by atoms with Crippen molar-refractivity contribution in [3.05, 3.63) is 36.2 Å². The standard InChI is InChI=1S/C14H16F3O2/c1-13(2,3)12(18)8-7-10-5-4-6-11(9-10)19-14(15,16)17/h4-6,8-9H,7H2,1-3H3. The van der Waals surface area contributed by atoms with Gasteiger partial charge in [-0.1, -0.05) is 32.9 Å². The van der Waals surface area contributed by atoms with Crippen LogP contribution in [0, 0.1) is 11.8 Å². The van der Waals surface area contributed by atoms with Gasteiger partial charge in [0.05, 0.1) is 0 Å². The van der Waals surface area contributed by atoms with Gasteiger partial charge < -0.3 is 4.74 Å². The molecule has 0 unspecified atom stereocenters. The first kappa shape index (κ1) is 15.5. The third-order valence-corrected chi connectivity index (χ3v) is 2.39. The number of rotatable bonds is 4. The molecule has 0 atom stereocenters. The average Bonchev–Trinajstić information content (AvgIpc) is 2.22. The van der Waals surface area contributed by atoms with E-state index in [9.17, 15) is 18.0 Å². The smallest absolute Gasteiger partial charge is 0.406 e. The molecular weight excluding hydrogens is 257 g/mol. The van der Waals surface area contributed by atoms with Crippen LogP contribution in [-0.2, 0) is 11.2 Å². The van der Waals surface area contributed by atoms with Gasteiger partial charge in [-0.15, -0.1) is 13.2 Å². The van der Waals surface area contributed by atoms with E-state index in [1.807, 2.05) is 0 Å². The molecule has 0 amide bonds. The van der Waals surface area contributed by atoms with Crippen LogP contribution < -0.4 is 4.74 Å². The summed E-state index contributed by atoms with van der Waals surface area (Å²) in [6.07, 6.45) is -2.94. The Morgan fingerprint density at radius 3 is 2.42 bits per heavy atom. The molecule has 0 bridgehead atoms. The largest absolute Gasteiger partial charge is 0.573 e. The third kappa shape index (κ3) is 5.77. The van der Waals surface area contributed by atoms with Gasteiger partial charge in [0, 0.05) is 11.8 Å². The highest BCUT2D eigenvalue weighted by atomic mass is 19.4. The molecule has 1 radical (unpaired) electrons. The second-order valence-corrected chi connectivity index (χ2v) is 5.22. The molecule has 19 heavy (non-hydrogen) atoms. The van der Waals surface area contributed by atoms with Crippen LogP contribution in [0.4, 0.5) is 13.2 Å². The lowest BCUT2D eigenvalue weighted by Gasteiger charge is -2.16. The molecule has 1 aromatic carbocycles. The number of Topliss-reactive ketones (excluding diaryl/α,β-unsaturated/α-hetero) is 1. The fourth-order valence-corrected chi connectivity index (χ4v) is 1.39. The van der Waals surface area contributed by atoms with Crippen molar-refractivity contribution < 1.29 is 22.7 Å².